The number of ether oxygens (including phenoxy) is 2. The van der Waals surface area contributed by atoms with Crippen LogP contribution in [0.5, 0.6) is 0 Å². The summed E-state index contributed by atoms with van der Waals surface area (Å²) in [7, 11) is 1.16. The molecule has 10 nitrogen and oxygen atoms in total. The lowest BCUT2D eigenvalue weighted by atomic mass is 10.0. The van der Waals surface area contributed by atoms with Gasteiger partial charge in [0.15, 0.2) is 0 Å². The van der Waals surface area contributed by atoms with E-state index in [1.54, 1.807) is 16.7 Å². The number of carbonyl (C=O) groups excluding carboxylic acids is 2. The minimum absolute atomic E-state index is 0.0171. The summed E-state index contributed by atoms with van der Waals surface area (Å²) in [5, 5.41) is 11.8. The fraction of sp³-hybridized carbons (Fsp3) is 0.385. The Labute approximate surface area is 217 Å². The Hall–Kier alpha value is -4.06. The predicted octanol–water partition coefficient (Wildman–Crippen LogP) is 3.19. The van der Waals surface area contributed by atoms with Crippen LogP contribution in [0.4, 0.5) is 13.6 Å². The van der Waals surface area contributed by atoms with E-state index in [1.807, 2.05) is 13.0 Å². The first-order valence-corrected chi connectivity index (χ1v) is 11.9. The van der Waals surface area contributed by atoms with Gasteiger partial charge < -0.3 is 29.2 Å². The number of morpholine rings is 1. The first-order chi connectivity index (χ1) is 17.9. The molecule has 3 aromatic rings. The number of rotatable bonds is 6. The molecule has 1 atom stereocenters. The van der Waals surface area contributed by atoms with Gasteiger partial charge in [-0.15, -0.1) is 0 Å². The molecule has 1 saturated heterocycles. The average molecular weight is 531 g/mol. The molecule has 3 heterocycles. The number of benzene rings is 1. The zero-order chi connectivity index (χ0) is 27.8. The number of halogens is 2. The van der Waals surface area contributed by atoms with Gasteiger partial charge in [-0.05, 0) is 50.6 Å². The first-order valence-electron chi connectivity index (χ1n) is 11.9. The summed E-state index contributed by atoms with van der Waals surface area (Å²) in [6.07, 6.45) is 0.226. The number of aryl methyl sites for hydroxylation is 1. The highest BCUT2D eigenvalue weighted by molar-refractivity contribution is 5.98. The zero-order valence-electron chi connectivity index (χ0n) is 21.4. The van der Waals surface area contributed by atoms with Crippen molar-refractivity contribution in [1.82, 2.24) is 19.6 Å². The smallest absolute Gasteiger partial charge is 0.407 e. The Morgan fingerprint density at radius 3 is 2.55 bits per heavy atom. The fourth-order valence-electron chi connectivity index (χ4n) is 4.42. The normalized spacial score (nSPS) is 15.9. The second-order valence-electron chi connectivity index (χ2n) is 9.65. The van der Waals surface area contributed by atoms with Crippen LogP contribution >= 0.6 is 0 Å². The lowest BCUT2D eigenvalue weighted by Crippen LogP contribution is -2.50. The molecule has 2 amide bonds. The first kappa shape index (κ1) is 27.0. The summed E-state index contributed by atoms with van der Waals surface area (Å²) >= 11 is 0. The van der Waals surface area contributed by atoms with E-state index in [4.69, 9.17) is 4.74 Å². The van der Waals surface area contributed by atoms with Crippen molar-refractivity contribution >= 4 is 23.6 Å². The largest absolute Gasteiger partial charge is 0.467 e. The lowest BCUT2D eigenvalue weighted by molar-refractivity contribution is -0.146. The molecular weight excluding hydrogens is 502 g/mol. The monoisotopic (exact) mass is 530 g/mol. The molecule has 2 N–H and O–H groups in total. The van der Waals surface area contributed by atoms with Crippen LogP contribution in [0.15, 0.2) is 30.5 Å². The molecule has 1 fully saturated rings. The molecule has 4 rings (SSSR count). The van der Waals surface area contributed by atoms with Gasteiger partial charge in [0.2, 0.25) is 0 Å². The van der Waals surface area contributed by atoms with Gasteiger partial charge in [-0.1, -0.05) is 0 Å². The highest BCUT2D eigenvalue weighted by Crippen LogP contribution is 2.32. The van der Waals surface area contributed by atoms with Gasteiger partial charge in [-0.25, -0.2) is 23.4 Å². The predicted molar refractivity (Wildman–Crippen MR) is 132 cm³/mol. The van der Waals surface area contributed by atoms with Crippen LogP contribution in [-0.2, 0) is 20.7 Å². The molecule has 1 aromatic carbocycles. The zero-order valence-corrected chi connectivity index (χ0v) is 21.4. The summed E-state index contributed by atoms with van der Waals surface area (Å²) in [4.78, 5) is 41.8. The molecule has 38 heavy (non-hydrogen) atoms. The number of methoxy groups -OCH3 is 1. The van der Waals surface area contributed by atoms with Crippen molar-refractivity contribution < 1.29 is 37.7 Å². The van der Waals surface area contributed by atoms with Crippen LogP contribution < -0.4 is 5.32 Å². The fourth-order valence-corrected chi connectivity index (χ4v) is 4.42. The standard InChI is InChI=1S/C26H28F2N4O6/c1-14-5-6-32-19(12-16-13-31(25(35)36)7-8-38-16)22(29-20(32)9-14)21-17(27)10-15(11-18(21)28)23(33)30-26(2,3)24(34)37-4/h5-6,9-11,16H,7-8,12-13H2,1-4H3,(H,30,33)(H,35,36)/t16-/m0/s1. The second-order valence-corrected chi connectivity index (χ2v) is 9.65. The summed E-state index contributed by atoms with van der Waals surface area (Å²) in [6.45, 7) is 5.17. The molecule has 0 radical (unpaired) electrons. The summed E-state index contributed by atoms with van der Waals surface area (Å²) in [5.74, 6) is -3.63. The van der Waals surface area contributed by atoms with Crippen molar-refractivity contribution in [3.8, 4) is 11.3 Å². The number of fused-ring (bicyclic) bond motifs is 1. The number of hydrogen-bond donors (Lipinski definition) is 2. The maximum absolute atomic E-state index is 15.5. The number of nitrogens with zero attached hydrogens (tertiary/aromatic N) is 3. The van der Waals surface area contributed by atoms with E-state index in [1.165, 1.54) is 18.7 Å². The molecule has 1 aliphatic heterocycles. The van der Waals surface area contributed by atoms with Crippen LogP contribution in [0.2, 0.25) is 0 Å². The number of pyridine rings is 1. The molecule has 0 bridgehead atoms. The van der Waals surface area contributed by atoms with Crippen molar-refractivity contribution in [2.75, 3.05) is 26.8 Å². The summed E-state index contributed by atoms with van der Waals surface area (Å²) in [5.41, 5.74) is -0.407. The molecule has 12 heteroatoms. The molecule has 1 aliphatic rings. The van der Waals surface area contributed by atoms with Crippen molar-refractivity contribution in [2.24, 2.45) is 0 Å². The molecule has 0 aliphatic carbocycles. The molecule has 0 unspecified atom stereocenters. The van der Waals surface area contributed by atoms with Crippen LogP contribution in [0.25, 0.3) is 16.9 Å². The highest BCUT2D eigenvalue weighted by atomic mass is 19.1. The maximum atomic E-state index is 15.5. The van der Waals surface area contributed by atoms with Gasteiger partial charge in [-0.3, -0.25) is 4.79 Å². The van der Waals surface area contributed by atoms with Crippen LogP contribution in [0, 0.1) is 18.6 Å². The van der Waals surface area contributed by atoms with Gasteiger partial charge in [-0.2, -0.15) is 0 Å². The Bertz CT molecular complexity index is 1400. The van der Waals surface area contributed by atoms with E-state index in [2.05, 4.69) is 15.0 Å². The van der Waals surface area contributed by atoms with Gasteiger partial charge in [0.25, 0.3) is 5.91 Å². The SMILES string of the molecule is COC(=O)C(C)(C)NC(=O)c1cc(F)c(-c2nc3cc(C)ccn3c2C[C@H]2CN(C(=O)O)CCO2)c(F)c1. The summed E-state index contributed by atoms with van der Waals surface area (Å²) < 4.78 is 43.0. The summed E-state index contributed by atoms with van der Waals surface area (Å²) in [6, 6.07) is 5.33. The van der Waals surface area contributed by atoms with Crippen LogP contribution in [0.1, 0.15) is 35.5 Å². The topological polar surface area (TPSA) is 122 Å². The number of amides is 2. The average Bonchev–Trinajstić information content (AvgIpc) is 3.19. The van der Waals surface area contributed by atoms with Gasteiger partial charge in [0.05, 0.1) is 43.3 Å². The van der Waals surface area contributed by atoms with Gasteiger partial charge in [0.1, 0.15) is 22.8 Å². The number of aromatic nitrogens is 2. The van der Waals surface area contributed by atoms with Crippen LogP contribution in [-0.4, -0.2) is 75.8 Å². The third-order valence-electron chi connectivity index (χ3n) is 6.37. The van der Waals surface area contributed by atoms with E-state index in [0.29, 0.717) is 11.3 Å². The van der Waals surface area contributed by atoms with Crippen molar-refractivity contribution in [3.63, 3.8) is 0 Å². The van der Waals surface area contributed by atoms with Crippen molar-refractivity contribution in [1.29, 1.82) is 0 Å². The Morgan fingerprint density at radius 2 is 1.92 bits per heavy atom. The van der Waals surface area contributed by atoms with Crippen molar-refractivity contribution in [3.05, 3.63) is 58.9 Å². The molecule has 202 valence electrons. The maximum Gasteiger partial charge on any atom is 0.407 e. The van der Waals surface area contributed by atoms with E-state index in [0.717, 1.165) is 24.8 Å². The second kappa shape index (κ2) is 10.4. The number of esters is 1. The minimum Gasteiger partial charge on any atom is -0.467 e. The van der Waals surface area contributed by atoms with E-state index >= 15 is 8.78 Å². The Kier molecular flexibility index (Phi) is 7.36. The number of imidazole rings is 1. The lowest BCUT2D eigenvalue weighted by Gasteiger charge is -2.31. The van der Waals surface area contributed by atoms with Gasteiger partial charge in [0, 0.05) is 24.7 Å². The van der Waals surface area contributed by atoms with Crippen LogP contribution in [0.3, 0.4) is 0 Å². The quantitative estimate of drug-likeness (QED) is 0.470. The highest BCUT2D eigenvalue weighted by Gasteiger charge is 2.32. The minimum atomic E-state index is -1.42. The molecular formula is C26H28F2N4O6. The Balaban J connectivity index is 1.74. The third-order valence-corrected chi connectivity index (χ3v) is 6.37. The number of hydrogen-bond acceptors (Lipinski definition) is 6. The van der Waals surface area contributed by atoms with E-state index in [-0.39, 0.29) is 37.4 Å². The van der Waals surface area contributed by atoms with E-state index in [9.17, 15) is 19.5 Å². The molecule has 0 spiro atoms. The molecule has 2 aromatic heterocycles. The number of carbonyl (C=O) groups is 3. The van der Waals surface area contributed by atoms with Gasteiger partial charge >= 0.3 is 12.1 Å². The molecule has 0 saturated carbocycles. The Morgan fingerprint density at radius 1 is 1.24 bits per heavy atom. The number of nitrogens with one attached hydrogen (secondary N) is 1. The van der Waals surface area contributed by atoms with E-state index < -0.39 is 46.8 Å². The van der Waals surface area contributed by atoms with Crippen molar-refractivity contribution in [2.45, 2.75) is 38.8 Å². The number of carboxylic acid groups (broad SMARTS) is 1. The third kappa shape index (κ3) is 5.30.